The zero-order valence-electron chi connectivity index (χ0n) is 13.4. The normalized spacial score (nSPS) is 11.1. The lowest BCUT2D eigenvalue weighted by Crippen LogP contribution is -1.99. The second-order valence-electron chi connectivity index (χ2n) is 5.29. The van der Waals surface area contributed by atoms with Crippen LogP contribution >= 0.6 is 34.7 Å². The van der Waals surface area contributed by atoms with Crippen LogP contribution in [0.25, 0.3) is 16.4 Å². The van der Waals surface area contributed by atoms with E-state index >= 15 is 0 Å². The van der Waals surface area contributed by atoms with Crippen molar-refractivity contribution in [1.82, 2.24) is 30.3 Å². The number of hydrogen-bond acceptors (Lipinski definition) is 8. The van der Waals surface area contributed by atoms with E-state index in [0.717, 1.165) is 27.9 Å². The Bertz CT molecular complexity index is 967. The summed E-state index contributed by atoms with van der Waals surface area (Å²) in [5.41, 5.74) is 0.874. The maximum Gasteiger partial charge on any atom is 0.227 e. The van der Waals surface area contributed by atoms with Gasteiger partial charge in [-0.25, -0.2) is 0 Å². The Kier molecular flexibility index (Phi) is 5.28. The van der Waals surface area contributed by atoms with Crippen molar-refractivity contribution in [3.8, 4) is 16.4 Å². The van der Waals surface area contributed by atoms with Crippen molar-refractivity contribution in [2.45, 2.75) is 18.0 Å². The maximum absolute atomic E-state index is 5.92. The molecule has 0 spiro atoms. The highest BCUT2D eigenvalue weighted by atomic mass is 35.5. The van der Waals surface area contributed by atoms with Crippen LogP contribution < -0.4 is 0 Å². The molecule has 26 heavy (non-hydrogen) atoms. The lowest BCUT2D eigenvalue weighted by molar-refractivity contribution is 0.378. The molecule has 3 heterocycles. The zero-order valence-corrected chi connectivity index (χ0v) is 15.8. The van der Waals surface area contributed by atoms with E-state index in [1.54, 1.807) is 27.8 Å². The summed E-state index contributed by atoms with van der Waals surface area (Å²) in [6.45, 7) is 0. The van der Waals surface area contributed by atoms with Crippen LogP contribution in [-0.2, 0) is 6.42 Å². The van der Waals surface area contributed by atoms with Crippen LogP contribution in [0.4, 0.5) is 0 Å². The van der Waals surface area contributed by atoms with Crippen LogP contribution in [0, 0.1) is 0 Å². The Morgan fingerprint density at radius 1 is 1.19 bits per heavy atom. The molecule has 4 aromatic rings. The third-order valence-corrected chi connectivity index (χ3v) is 5.61. The molecule has 0 saturated carbocycles. The van der Waals surface area contributed by atoms with Crippen LogP contribution in [0.15, 0.2) is 51.5 Å². The fourth-order valence-electron chi connectivity index (χ4n) is 2.26. The summed E-state index contributed by atoms with van der Waals surface area (Å²) in [4.78, 5) is 5.44. The average Bonchev–Trinajstić information content (AvgIpc) is 3.40. The van der Waals surface area contributed by atoms with Gasteiger partial charge in [0.1, 0.15) is 0 Å². The first-order valence-corrected chi connectivity index (χ1v) is 10.1. The number of rotatable bonds is 7. The summed E-state index contributed by atoms with van der Waals surface area (Å²) in [5, 5.41) is 19.3. The summed E-state index contributed by atoms with van der Waals surface area (Å²) in [6, 6.07) is 11.3. The van der Waals surface area contributed by atoms with Gasteiger partial charge in [0.25, 0.3) is 0 Å². The van der Waals surface area contributed by atoms with Crippen molar-refractivity contribution in [2.24, 2.45) is 0 Å². The third kappa shape index (κ3) is 3.95. The standard InChI is InChI=1S/C16H13ClN6OS2/c17-11-5-7-12(8-6-11)23-16(19-21-22-23)26-10-2-4-14-18-15(20-24-14)13-3-1-9-25-13/h1,3,5-9H,2,4,10H2. The monoisotopic (exact) mass is 404 g/mol. The molecule has 0 radical (unpaired) electrons. The number of halogens is 1. The average molecular weight is 405 g/mol. The molecular weight excluding hydrogens is 392 g/mol. The molecule has 4 rings (SSSR count). The molecule has 132 valence electrons. The SMILES string of the molecule is Clc1ccc(-n2nnnc2SCCCc2nc(-c3cccs3)no2)cc1. The van der Waals surface area contributed by atoms with Crippen molar-refractivity contribution in [2.75, 3.05) is 5.75 Å². The van der Waals surface area contributed by atoms with Gasteiger partial charge in [-0.15, -0.1) is 16.4 Å². The number of hydrogen-bond donors (Lipinski definition) is 0. The van der Waals surface area contributed by atoms with Crippen LogP contribution in [0.3, 0.4) is 0 Å². The van der Waals surface area contributed by atoms with Gasteiger partial charge in [0.2, 0.25) is 16.9 Å². The molecule has 0 bridgehead atoms. The molecule has 0 N–H and O–H groups in total. The maximum atomic E-state index is 5.92. The number of aryl methyl sites for hydroxylation is 1. The van der Waals surface area contributed by atoms with Gasteiger partial charge in [0, 0.05) is 17.2 Å². The number of benzene rings is 1. The van der Waals surface area contributed by atoms with E-state index < -0.39 is 0 Å². The Balaban J connectivity index is 1.32. The summed E-state index contributed by atoms with van der Waals surface area (Å²) >= 11 is 9.10. The van der Waals surface area contributed by atoms with Crippen LogP contribution in [0.1, 0.15) is 12.3 Å². The molecule has 0 unspecified atom stereocenters. The van der Waals surface area contributed by atoms with Crippen molar-refractivity contribution in [3.63, 3.8) is 0 Å². The van der Waals surface area contributed by atoms with Gasteiger partial charge in [0.05, 0.1) is 10.6 Å². The van der Waals surface area contributed by atoms with E-state index in [0.29, 0.717) is 23.2 Å². The largest absolute Gasteiger partial charge is 0.339 e. The Morgan fingerprint density at radius 3 is 2.88 bits per heavy atom. The lowest BCUT2D eigenvalue weighted by atomic mass is 10.3. The minimum atomic E-state index is 0.645. The smallest absolute Gasteiger partial charge is 0.227 e. The fraction of sp³-hybridized carbons (Fsp3) is 0.188. The van der Waals surface area contributed by atoms with Crippen molar-refractivity contribution >= 4 is 34.7 Å². The first-order valence-electron chi connectivity index (χ1n) is 7.83. The molecule has 0 amide bonds. The number of nitrogens with zero attached hydrogens (tertiary/aromatic N) is 6. The molecule has 0 saturated heterocycles. The molecule has 7 nitrogen and oxygen atoms in total. The molecular formula is C16H13ClN6OS2. The first-order chi connectivity index (χ1) is 12.8. The Hall–Kier alpha value is -2.23. The van der Waals surface area contributed by atoms with E-state index in [2.05, 4.69) is 25.7 Å². The van der Waals surface area contributed by atoms with Gasteiger partial charge in [-0.1, -0.05) is 34.6 Å². The second-order valence-corrected chi connectivity index (χ2v) is 7.74. The van der Waals surface area contributed by atoms with E-state index in [-0.39, 0.29) is 0 Å². The van der Waals surface area contributed by atoms with Crippen molar-refractivity contribution < 1.29 is 4.52 Å². The van der Waals surface area contributed by atoms with E-state index in [9.17, 15) is 0 Å². The van der Waals surface area contributed by atoms with Crippen LogP contribution in [-0.4, -0.2) is 36.1 Å². The van der Waals surface area contributed by atoms with Gasteiger partial charge in [-0.2, -0.15) is 9.67 Å². The first kappa shape index (κ1) is 17.2. The third-order valence-electron chi connectivity index (χ3n) is 3.49. The minimum absolute atomic E-state index is 0.645. The summed E-state index contributed by atoms with van der Waals surface area (Å²) < 4.78 is 7.01. The van der Waals surface area contributed by atoms with Crippen molar-refractivity contribution in [3.05, 3.63) is 52.7 Å². The second kappa shape index (κ2) is 7.98. The van der Waals surface area contributed by atoms with Gasteiger partial charge < -0.3 is 4.52 Å². The van der Waals surface area contributed by atoms with Gasteiger partial charge >= 0.3 is 0 Å². The van der Waals surface area contributed by atoms with E-state index in [1.165, 1.54) is 0 Å². The number of aromatic nitrogens is 6. The van der Waals surface area contributed by atoms with E-state index in [4.69, 9.17) is 16.1 Å². The number of thioether (sulfide) groups is 1. The van der Waals surface area contributed by atoms with E-state index in [1.807, 2.05) is 41.8 Å². The molecule has 10 heteroatoms. The highest BCUT2D eigenvalue weighted by Crippen LogP contribution is 2.23. The molecule has 3 aromatic heterocycles. The lowest BCUT2D eigenvalue weighted by Gasteiger charge is -2.03. The van der Waals surface area contributed by atoms with Gasteiger partial charge in [-0.3, -0.25) is 0 Å². The summed E-state index contributed by atoms with van der Waals surface area (Å²) in [5.74, 6) is 2.13. The predicted octanol–water partition coefficient (Wildman–Crippen LogP) is 4.15. The van der Waals surface area contributed by atoms with Crippen molar-refractivity contribution in [1.29, 1.82) is 0 Å². The zero-order chi connectivity index (χ0) is 17.8. The Morgan fingerprint density at radius 2 is 2.08 bits per heavy atom. The quantitative estimate of drug-likeness (QED) is 0.338. The molecule has 1 aromatic carbocycles. The molecule has 0 fully saturated rings. The van der Waals surface area contributed by atoms with Gasteiger partial charge in [-0.05, 0) is 52.6 Å². The molecule has 0 aliphatic carbocycles. The predicted molar refractivity (Wildman–Crippen MR) is 101 cm³/mol. The highest BCUT2D eigenvalue weighted by Gasteiger charge is 2.11. The highest BCUT2D eigenvalue weighted by molar-refractivity contribution is 7.99. The molecule has 0 aliphatic heterocycles. The topological polar surface area (TPSA) is 82.5 Å². The number of thiophene rings is 1. The Labute approximate surface area is 162 Å². The number of tetrazole rings is 1. The fourth-order valence-corrected chi connectivity index (χ4v) is 3.87. The minimum Gasteiger partial charge on any atom is -0.339 e. The summed E-state index contributed by atoms with van der Waals surface area (Å²) in [6.07, 6.45) is 1.60. The molecule has 0 atom stereocenters. The summed E-state index contributed by atoms with van der Waals surface area (Å²) in [7, 11) is 0. The van der Waals surface area contributed by atoms with Crippen LogP contribution in [0.5, 0.6) is 0 Å². The van der Waals surface area contributed by atoms with Gasteiger partial charge in [0.15, 0.2) is 0 Å². The van der Waals surface area contributed by atoms with Crippen LogP contribution in [0.2, 0.25) is 5.02 Å². The molecule has 0 aliphatic rings.